The molecule has 62 valence electrons. The molecule has 0 aromatic heterocycles. The topological polar surface area (TPSA) is 29.1 Å². The summed E-state index contributed by atoms with van der Waals surface area (Å²) in [4.78, 5) is 10.9. The van der Waals surface area contributed by atoms with Crippen molar-refractivity contribution in [3.63, 3.8) is 0 Å². The van der Waals surface area contributed by atoms with Crippen LogP contribution in [-0.4, -0.2) is 5.91 Å². The Balaban J connectivity index is 2.61. The Morgan fingerprint density at radius 1 is 1.50 bits per heavy atom. The van der Waals surface area contributed by atoms with Crippen LogP contribution in [0.3, 0.4) is 0 Å². The number of benzene rings is 1. The number of hydrogen-bond donors (Lipinski definition) is 1. The van der Waals surface area contributed by atoms with Gasteiger partial charge in [0.15, 0.2) is 0 Å². The van der Waals surface area contributed by atoms with Gasteiger partial charge in [0, 0.05) is 11.3 Å². The van der Waals surface area contributed by atoms with Gasteiger partial charge in [0.1, 0.15) is 5.82 Å². The molecule has 3 heteroatoms. The predicted octanol–water partition coefficient (Wildman–Crippen LogP) is 1.63. The van der Waals surface area contributed by atoms with E-state index in [4.69, 9.17) is 0 Å². The normalized spacial score (nSPS) is 14.3. The highest BCUT2D eigenvalue weighted by atomic mass is 19.1. The maximum Gasteiger partial charge on any atom is 0.228 e. The zero-order valence-electron chi connectivity index (χ0n) is 6.65. The Morgan fingerprint density at radius 2 is 2.25 bits per heavy atom. The van der Waals surface area contributed by atoms with Crippen molar-refractivity contribution >= 4 is 11.6 Å². The molecule has 0 spiro atoms. The van der Waals surface area contributed by atoms with Crippen molar-refractivity contribution < 1.29 is 9.18 Å². The van der Waals surface area contributed by atoms with Crippen LogP contribution in [0.15, 0.2) is 12.1 Å². The van der Waals surface area contributed by atoms with Crippen molar-refractivity contribution in [1.29, 1.82) is 0 Å². The van der Waals surface area contributed by atoms with Gasteiger partial charge < -0.3 is 5.32 Å². The van der Waals surface area contributed by atoms with Crippen molar-refractivity contribution in [1.82, 2.24) is 0 Å². The number of hydrogen-bond acceptors (Lipinski definition) is 1. The zero-order valence-corrected chi connectivity index (χ0v) is 6.65. The van der Waals surface area contributed by atoms with Crippen molar-refractivity contribution in [3.05, 3.63) is 29.1 Å². The molecule has 0 aliphatic carbocycles. The van der Waals surface area contributed by atoms with Crippen LogP contribution < -0.4 is 5.32 Å². The van der Waals surface area contributed by atoms with E-state index in [1.54, 1.807) is 19.1 Å². The Kier molecular flexibility index (Phi) is 1.40. The summed E-state index contributed by atoms with van der Waals surface area (Å²) in [5, 5.41) is 2.59. The number of amides is 1. The van der Waals surface area contributed by atoms with Crippen LogP contribution in [0.5, 0.6) is 0 Å². The van der Waals surface area contributed by atoms with Gasteiger partial charge in [-0.2, -0.15) is 0 Å². The molecular weight excluding hydrogens is 157 g/mol. The van der Waals surface area contributed by atoms with Crippen molar-refractivity contribution in [2.24, 2.45) is 0 Å². The molecule has 0 unspecified atom stereocenters. The molecule has 0 saturated carbocycles. The van der Waals surface area contributed by atoms with Crippen LogP contribution in [0.4, 0.5) is 10.1 Å². The number of carbonyl (C=O) groups is 1. The van der Waals surface area contributed by atoms with E-state index in [1.807, 2.05) is 0 Å². The lowest BCUT2D eigenvalue weighted by molar-refractivity contribution is -0.115. The molecule has 1 aliphatic heterocycles. The standard InChI is InChI=1S/C9H8FNO/c1-5-2-3-7-6(9(5)10)4-8(12)11-7/h2-3H,4H2,1H3,(H,11,12). The van der Waals surface area contributed by atoms with E-state index < -0.39 is 0 Å². The Labute approximate surface area is 69.4 Å². The molecule has 1 amide bonds. The number of fused-ring (bicyclic) bond motifs is 1. The molecule has 2 rings (SSSR count). The van der Waals surface area contributed by atoms with Crippen LogP contribution in [0.25, 0.3) is 0 Å². The van der Waals surface area contributed by atoms with Gasteiger partial charge in [0.05, 0.1) is 6.42 Å². The minimum atomic E-state index is -0.258. The average molecular weight is 165 g/mol. The predicted molar refractivity (Wildman–Crippen MR) is 43.5 cm³/mol. The summed E-state index contributed by atoms with van der Waals surface area (Å²) in [6, 6.07) is 3.40. The van der Waals surface area contributed by atoms with Crippen LogP contribution in [0.2, 0.25) is 0 Å². The molecular formula is C9H8FNO. The number of aryl methyl sites for hydroxylation is 1. The first-order valence-corrected chi connectivity index (χ1v) is 3.76. The fourth-order valence-electron chi connectivity index (χ4n) is 1.38. The van der Waals surface area contributed by atoms with E-state index in [2.05, 4.69) is 5.32 Å². The van der Waals surface area contributed by atoms with Gasteiger partial charge in [-0.25, -0.2) is 4.39 Å². The molecule has 1 aromatic rings. The second-order valence-corrected chi connectivity index (χ2v) is 2.95. The van der Waals surface area contributed by atoms with Crippen LogP contribution >= 0.6 is 0 Å². The lowest BCUT2D eigenvalue weighted by Gasteiger charge is -2.01. The maximum absolute atomic E-state index is 13.3. The SMILES string of the molecule is Cc1ccc2c(c1F)CC(=O)N2. The second kappa shape index (κ2) is 2.30. The molecule has 0 radical (unpaired) electrons. The number of nitrogens with one attached hydrogen (secondary N) is 1. The quantitative estimate of drug-likeness (QED) is 0.622. The lowest BCUT2D eigenvalue weighted by Crippen LogP contribution is -2.03. The lowest BCUT2D eigenvalue weighted by atomic mass is 10.1. The highest BCUT2D eigenvalue weighted by molar-refractivity contribution is 5.99. The van der Waals surface area contributed by atoms with Gasteiger partial charge in [-0.15, -0.1) is 0 Å². The summed E-state index contributed by atoms with van der Waals surface area (Å²) < 4.78 is 13.3. The first-order chi connectivity index (χ1) is 5.68. The molecule has 1 aliphatic rings. The monoisotopic (exact) mass is 165 g/mol. The van der Waals surface area contributed by atoms with E-state index in [0.717, 1.165) is 0 Å². The van der Waals surface area contributed by atoms with E-state index in [0.29, 0.717) is 16.8 Å². The molecule has 1 N–H and O–H groups in total. The Bertz CT molecular complexity index is 360. The van der Waals surface area contributed by atoms with Gasteiger partial charge >= 0.3 is 0 Å². The van der Waals surface area contributed by atoms with Gasteiger partial charge in [0.2, 0.25) is 5.91 Å². The molecule has 0 saturated heterocycles. The van der Waals surface area contributed by atoms with Gasteiger partial charge in [-0.1, -0.05) is 6.07 Å². The Hall–Kier alpha value is -1.38. The van der Waals surface area contributed by atoms with E-state index in [1.165, 1.54) is 0 Å². The van der Waals surface area contributed by atoms with Crippen LogP contribution in [0, 0.1) is 12.7 Å². The van der Waals surface area contributed by atoms with Crippen LogP contribution in [0.1, 0.15) is 11.1 Å². The molecule has 0 fully saturated rings. The summed E-state index contributed by atoms with van der Waals surface area (Å²) in [5.74, 6) is -0.389. The van der Waals surface area contributed by atoms with Gasteiger partial charge in [-0.3, -0.25) is 4.79 Å². The van der Waals surface area contributed by atoms with Crippen molar-refractivity contribution in [2.75, 3.05) is 5.32 Å². The van der Waals surface area contributed by atoms with Crippen LogP contribution in [-0.2, 0) is 11.2 Å². The molecule has 1 heterocycles. The third-order valence-corrected chi connectivity index (χ3v) is 2.05. The fraction of sp³-hybridized carbons (Fsp3) is 0.222. The smallest absolute Gasteiger partial charge is 0.228 e. The number of rotatable bonds is 0. The summed E-state index contributed by atoms with van der Waals surface area (Å²) in [6.45, 7) is 1.69. The number of halogens is 1. The van der Waals surface area contributed by atoms with Crippen molar-refractivity contribution in [2.45, 2.75) is 13.3 Å². The average Bonchev–Trinajstić information content (AvgIpc) is 2.39. The third kappa shape index (κ3) is 0.897. The number of carbonyl (C=O) groups excluding carboxylic acids is 1. The number of anilines is 1. The van der Waals surface area contributed by atoms with Gasteiger partial charge in [-0.05, 0) is 18.6 Å². The molecule has 2 nitrogen and oxygen atoms in total. The van der Waals surface area contributed by atoms with E-state index in [9.17, 15) is 9.18 Å². The third-order valence-electron chi connectivity index (χ3n) is 2.05. The highest BCUT2D eigenvalue weighted by Crippen LogP contribution is 2.26. The minimum Gasteiger partial charge on any atom is -0.325 e. The highest BCUT2D eigenvalue weighted by Gasteiger charge is 2.21. The summed E-state index contributed by atoms with van der Waals surface area (Å²) in [5.41, 5.74) is 1.70. The van der Waals surface area contributed by atoms with E-state index in [-0.39, 0.29) is 18.1 Å². The maximum atomic E-state index is 13.3. The van der Waals surface area contributed by atoms with Crippen molar-refractivity contribution in [3.8, 4) is 0 Å². The minimum absolute atomic E-state index is 0.130. The Morgan fingerprint density at radius 3 is 3.00 bits per heavy atom. The molecule has 1 aromatic carbocycles. The summed E-state index contributed by atoms with van der Waals surface area (Å²) in [6.07, 6.45) is 0.169. The summed E-state index contributed by atoms with van der Waals surface area (Å²) >= 11 is 0. The first-order valence-electron chi connectivity index (χ1n) is 3.76. The second-order valence-electron chi connectivity index (χ2n) is 2.95. The molecule has 0 bridgehead atoms. The van der Waals surface area contributed by atoms with Gasteiger partial charge in [0.25, 0.3) is 0 Å². The summed E-state index contributed by atoms with van der Waals surface area (Å²) in [7, 11) is 0. The molecule has 0 atom stereocenters. The first kappa shape index (κ1) is 7.28. The van der Waals surface area contributed by atoms with E-state index >= 15 is 0 Å². The zero-order chi connectivity index (χ0) is 8.72. The fourth-order valence-corrected chi connectivity index (χ4v) is 1.38. The largest absolute Gasteiger partial charge is 0.325 e. The molecule has 12 heavy (non-hydrogen) atoms.